The molecule has 14 heteroatoms. The van der Waals surface area contributed by atoms with Crippen LogP contribution in [0, 0.1) is 6.92 Å². The summed E-state index contributed by atoms with van der Waals surface area (Å²) in [6, 6.07) is 8.15. The Hall–Kier alpha value is -4.69. The van der Waals surface area contributed by atoms with E-state index in [1.807, 2.05) is 19.0 Å². The second-order valence-electron chi connectivity index (χ2n) is 9.91. The van der Waals surface area contributed by atoms with Crippen molar-refractivity contribution in [2.24, 2.45) is 11.6 Å². The van der Waals surface area contributed by atoms with Crippen molar-refractivity contribution in [3.8, 4) is 0 Å². The molecule has 1 aromatic heterocycles. The van der Waals surface area contributed by atoms with E-state index in [-0.39, 0.29) is 28.8 Å². The monoisotopic (exact) mass is 585 g/mol. The van der Waals surface area contributed by atoms with Crippen molar-refractivity contribution in [1.82, 2.24) is 14.9 Å². The lowest BCUT2D eigenvalue weighted by Gasteiger charge is -2.23. The molecule has 0 aliphatic carbocycles. The lowest BCUT2D eigenvalue weighted by molar-refractivity contribution is -0.137. The maximum absolute atomic E-state index is 13.7. The predicted molar refractivity (Wildman–Crippen MR) is 158 cm³/mol. The number of halogens is 3. The van der Waals surface area contributed by atoms with Gasteiger partial charge in [0.1, 0.15) is 0 Å². The first-order chi connectivity index (χ1) is 19.6. The zero-order chi connectivity index (χ0) is 31.2. The summed E-state index contributed by atoms with van der Waals surface area (Å²) in [7, 11) is 5.43. The van der Waals surface area contributed by atoms with E-state index in [0.29, 0.717) is 35.6 Å². The van der Waals surface area contributed by atoms with Crippen LogP contribution in [-0.4, -0.2) is 60.9 Å². The Labute approximate surface area is 242 Å². The highest BCUT2D eigenvalue weighted by atomic mass is 19.4. The van der Waals surface area contributed by atoms with Crippen LogP contribution in [-0.2, 0) is 11.0 Å². The zero-order valence-electron chi connectivity index (χ0n) is 24.0. The van der Waals surface area contributed by atoms with Gasteiger partial charge in [-0.1, -0.05) is 6.07 Å². The first-order valence-corrected chi connectivity index (χ1v) is 12.8. The van der Waals surface area contributed by atoms with Crippen LogP contribution in [0.15, 0.2) is 55.0 Å². The first-order valence-electron chi connectivity index (χ1n) is 12.8. The highest BCUT2D eigenvalue weighted by Crippen LogP contribution is 2.34. The van der Waals surface area contributed by atoms with E-state index >= 15 is 0 Å². The summed E-state index contributed by atoms with van der Waals surface area (Å²) in [5.41, 5.74) is 7.53. The van der Waals surface area contributed by atoms with E-state index in [4.69, 9.17) is 11.6 Å². The average Bonchev–Trinajstić information content (AvgIpc) is 2.91. The number of hydrogen-bond acceptors (Lipinski definition) is 9. The Morgan fingerprint density at radius 1 is 0.976 bits per heavy atom. The number of benzene rings is 2. The fraction of sp³-hybridized carbons (Fsp3) is 0.286. The molecule has 0 saturated heterocycles. The van der Waals surface area contributed by atoms with Gasteiger partial charge in [-0.05, 0) is 56.9 Å². The van der Waals surface area contributed by atoms with Gasteiger partial charge < -0.3 is 20.9 Å². The summed E-state index contributed by atoms with van der Waals surface area (Å²) < 4.78 is 41.0. The fourth-order valence-electron chi connectivity index (χ4n) is 3.77. The van der Waals surface area contributed by atoms with Crippen LogP contribution >= 0.6 is 0 Å². The number of alkyl halides is 3. The minimum atomic E-state index is -4.60. The predicted octanol–water partition coefficient (Wildman–Crippen LogP) is 3.65. The Bertz CT molecular complexity index is 1460. The molecule has 42 heavy (non-hydrogen) atoms. The summed E-state index contributed by atoms with van der Waals surface area (Å²) in [6.07, 6.45) is -0.369. The number of carbonyl (C=O) groups excluding carboxylic acids is 2. The number of hydrazine groups is 1. The number of aromatic nitrogens is 2. The quantitative estimate of drug-likeness (QED) is 0.207. The molecular formula is C28H34F3N9O2. The van der Waals surface area contributed by atoms with Crippen LogP contribution in [0.25, 0.3) is 5.70 Å². The molecule has 0 fully saturated rings. The lowest BCUT2D eigenvalue weighted by Crippen LogP contribution is -2.28. The molecule has 0 aliphatic heterocycles. The second kappa shape index (κ2) is 13.3. The van der Waals surface area contributed by atoms with E-state index in [1.165, 1.54) is 42.7 Å². The van der Waals surface area contributed by atoms with Crippen LogP contribution in [0.1, 0.15) is 34.0 Å². The van der Waals surface area contributed by atoms with Crippen molar-refractivity contribution in [1.29, 1.82) is 0 Å². The molecule has 3 rings (SSSR count). The van der Waals surface area contributed by atoms with Gasteiger partial charge in [-0.2, -0.15) is 13.2 Å². The van der Waals surface area contributed by atoms with Gasteiger partial charge in [0.25, 0.3) is 5.91 Å². The average molecular weight is 586 g/mol. The van der Waals surface area contributed by atoms with Gasteiger partial charge in [-0.15, -0.1) is 0 Å². The summed E-state index contributed by atoms with van der Waals surface area (Å²) in [5, 5.41) is 6.25. The van der Waals surface area contributed by atoms with Crippen LogP contribution in [0.3, 0.4) is 0 Å². The van der Waals surface area contributed by atoms with E-state index in [0.717, 1.165) is 12.1 Å². The number of amides is 2. The normalized spacial score (nSPS) is 11.8. The molecule has 6 N–H and O–H groups in total. The van der Waals surface area contributed by atoms with Crippen LogP contribution in [0.2, 0.25) is 0 Å². The molecule has 224 valence electrons. The SMILES string of the molecule is CC(=O)Nc1ncc(/C(N)=C/N(N)c2cc(C(=O)Nc3cc(N(C)CCN(C)C)cc(C(F)(F)F)c3)ccc2C)cn1. The topological polar surface area (TPSA) is 146 Å². The molecule has 3 aromatic rings. The van der Waals surface area contributed by atoms with E-state index in [9.17, 15) is 22.8 Å². The minimum Gasteiger partial charge on any atom is -0.397 e. The Morgan fingerprint density at radius 3 is 2.24 bits per heavy atom. The Kier molecular flexibility index (Phi) is 10.1. The Balaban J connectivity index is 1.84. The maximum atomic E-state index is 13.7. The molecule has 0 aliphatic rings. The molecular weight excluding hydrogens is 551 g/mol. The van der Waals surface area contributed by atoms with Gasteiger partial charge >= 0.3 is 6.18 Å². The number of likely N-dealkylation sites (N-methyl/N-ethyl adjacent to an activating group) is 2. The number of nitrogens with one attached hydrogen (secondary N) is 2. The van der Waals surface area contributed by atoms with Crippen molar-refractivity contribution >= 4 is 40.5 Å². The lowest BCUT2D eigenvalue weighted by atomic mass is 10.1. The molecule has 0 bridgehead atoms. The molecule has 0 radical (unpaired) electrons. The first kappa shape index (κ1) is 31.8. The smallest absolute Gasteiger partial charge is 0.397 e. The van der Waals surface area contributed by atoms with Gasteiger partial charge in [-0.25, -0.2) is 15.8 Å². The largest absolute Gasteiger partial charge is 0.416 e. The fourth-order valence-corrected chi connectivity index (χ4v) is 3.77. The number of nitrogens with zero attached hydrogens (tertiary/aromatic N) is 5. The zero-order valence-corrected chi connectivity index (χ0v) is 24.0. The van der Waals surface area contributed by atoms with Crippen molar-refractivity contribution < 1.29 is 22.8 Å². The van der Waals surface area contributed by atoms with Crippen molar-refractivity contribution in [2.45, 2.75) is 20.0 Å². The molecule has 0 unspecified atom stereocenters. The highest BCUT2D eigenvalue weighted by Gasteiger charge is 2.32. The second-order valence-corrected chi connectivity index (χ2v) is 9.91. The number of carbonyl (C=O) groups is 2. The number of rotatable bonds is 10. The Morgan fingerprint density at radius 2 is 1.64 bits per heavy atom. The summed E-state index contributed by atoms with van der Waals surface area (Å²) in [4.78, 5) is 36.0. The van der Waals surface area contributed by atoms with Crippen molar-refractivity contribution in [2.75, 3.05) is 54.8 Å². The molecule has 2 aromatic carbocycles. The van der Waals surface area contributed by atoms with E-state index in [1.54, 1.807) is 31.0 Å². The van der Waals surface area contributed by atoms with E-state index in [2.05, 4.69) is 20.6 Å². The van der Waals surface area contributed by atoms with Gasteiger partial charge in [0, 0.05) is 68.2 Å². The van der Waals surface area contributed by atoms with Crippen LogP contribution in [0.4, 0.5) is 36.2 Å². The summed E-state index contributed by atoms with van der Waals surface area (Å²) in [5.74, 6) is 5.41. The third kappa shape index (κ3) is 8.65. The number of anilines is 4. The summed E-state index contributed by atoms with van der Waals surface area (Å²) in [6.45, 7) is 4.22. The molecule has 11 nitrogen and oxygen atoms in total. The summed E-state index contributed by atoms with van der Waals surface area (Å²) >= 11 is 0. The number of hydrogen-bond donors (Lipinski definition) is 4. The third-order valence-electron chi connectivity index (χ3n) is 6.13. The minimum absolute atomic E-state index is 0.0000997. The van der Waals surface area contributed by atoms with Gasteiger partial charge in [-0.3, -0.25) is 19.9 Å². The van der Waals surface area contributed by atoms with Gasteiger partial charge in [0.2, 0.25) is 11.9 Å². The van der Waals surface area contributed by atoms with Crippen molar-refractivity contribution in [3.63, 3.8) is 0 Å². The number of nitrogens with two attached hydrogens (primary N) is 2. The maximum Gasteiger partial charge on any atom is 0.416 e. The standard InChI is InChI=1S/C28H34F3N9O2/c1-17-6-7-19(10-25(17)40(33)16-24(32)20-14-34-27(35-15-20)36-18(2)41)26(42)37-22-11-21(28(29,30)31)12-23(13-22)39(5)9-8-38(3)4/h6-7,10-16H,8-9,32-33H2,1-5H3,(H,37,42)(H,34,35,36,41)/b24-16-. The van der Waals surface area contributed by atoms with Crippen LogP contribution < -0.4 is 32.1 Å². The molecule has 0 atom stereocenters. The van der Waals surface area contributed by atoms with E-state index < -0.39 is 17.6 Å². The van der Waals surface area contributed by atoms with Crippen molar-refractivity contribution in [3.05, 3.63) is 77.2 Å². The van der Waals surface area contributed by atoms with Gasteiger partial charge in [0.15, 0.2) is 0 Å². The van der Waals surface area contributed by atoms with Gasteiger partial charge in [0.05, 0.1) is 16.9 Å². The number of aryl methyl sites for hydroxylation is 1. The molecule has 0 spiro atoms. The molecule has 0 saturated carbocycles. The molecule has 2 amide bonds. The third-order valence-corrected chi connectivity index (χ3v) is 6.13. The van der Waals surface area contributed by atoms with Crippen LogP contribution in [0.5, 0.6) is 0 Å². The highest BCUT2D eigenvalue weighted by molar-refractivity contribution is 6.05. The molecule has 1 heterocycles.